The number of amides is 3. The van der Waals surface area contributed by atoms with E-state index in [-0.39, 0.29) is 11.9 Å². The number of carbonyl (C=O) groups excluding carboxylic acids is 2. The zero-order chi connectivity index (χ0) is 17.2. The van der Waals surface area contributed by atoms with Crippen molar-refractivity contribution in [3.63, 3.8) is 0 Å². The van der Waals surface area contributed by atoms with E-state index < -0.39 is 0 Å². The van der Waals surface area contributed by atoms with E-state index in [1.165, 1.54) is 23.3 Å². The van der Waals surface area contributed by atoms with E-state index in [0.29, 0.717) is 13.1 Å². The van der Waals surface area contributed by atoms with Gasteiger partial charge in [-0.05, 0) is 50.5 Å². The number of hydrogen-bond donors (Lipinski definition) is 3. The molecule has 2 rings (SSSR count). The Morgan fingerprint density at radius 1 is 1.33 bits per heavy atom. The molecule has 0 aliphatic heterocycles. The maximum Gasteiger partial charge on any atom is 0.321 e. The first-order valence-corrected chi connectivity index (χ1v) is 9.67. The van der Waals surface area contributed by atoms with Crippen LogP contribution in [-0.4, -0.2) is 31.6 Å². The second kappa shape index (κ2) is 10.3. The summed E-state index contributed by atoms with van der Waals surface area (Å²) >= 11 is 1.70. The minimum absolute atomic E-state index is 0.224. The van der Waals surface area contributed by atoms with Gasteiger partial charge >= 0.3 is 6.03 Å². The highest BCUT2D eigenvalue weighted by atomic mass is 32.1. The Hall–Kier alpha value is -1.66. The predicted molar refractivity (Wildman–Crippen MR) is 97.1 cm³/mol. The molecule has 1 aliphatic rings. The van der Waals surface area contributed by atoms with Gasteiger partial charge in [-0.25, -0.2) is 4.79 Å². The molecular formula is C18H28N3O2S+. The van der Waals surface area contributed by atoms with Gasteiger partial charge in [-0.3, -0.25) is 10.1 Å². The molecule has 0 fully saturated rings. The molecule has 0 spiro atoms. The highest BCUT2D eigenvalue weighted by Crippen LogP contribution is 2.19. The van der Waals surface area contributed by atoms with E-state index in [9.17, 15) is 9.59 Å². The van der Waals surface area contributed by atoms with Crippen molar-refractivity contribution in [3.8, 4) is 0 Å². The molecule has 3 amide bonds. The zero-order valence-electron chi connectivity index (χ0n) is 14.4. The van der Waals surface area contributed by atoms with E-state index in [0.717, 1.165) is 37.3 Å². The molecule has 3 N–H and O–H groups in total. The largest absolute Gasteiger partial charge is 0.337 e. The van der Waals surface area contributed by atoms with Crippen LogP contribution < -0.4 is 15.5 Å². The highest BCUT2D eigenvalue weighted by molar-refractivity contribution is 7.09. The van der Waals surface area contributed by atoms with Gasteiger partial charge in [-0.15, -0.1) is 11.3 Å². The van der Waals surface area contributed by atoms with Gasteiger partial charge in [0.05, 0.1) is 11.4 Å². The van der Waals surface area contributed by atoms with Crippen LogP contribution in [0.2, 0.25) is 0 Å². The third-order valence-electron chi connectivity index (χ3n) is 4.28. The normalized spacial score (nSPS) is 15.5. The molecule has 1 aromatic rings. The highest BCUT2D eigenvalue weighted by Gasteiger charge is 2.16. The van der Waals surface area contributed by atoms with Crippen molar-refractivity contribution >= 4 is 23.3 Å². The fourth-order valence-electron chi connectivity index (χ4n) is 2.88. The molecule has 6 heteroatoms. The van der Waals surface area contributed by atoms with Crippen LogP contribution in [0.5, 0.6) is 0 Å². The SMILES string of the molecule is CC[NH+](CC(=O)NC(=O)NCCC1=CCCCC1)Cc1cccs1. The van der Waals surface area contributed by atoms with Crippen molar-refractivity contribution in [1.29, 1.82) is 0 Å². The minimum atomic E-state index is -0.386. The lowest BCUT2D eigenvalue weighted by Gasteiger charge is -2.16. The molecule has 1 aromatic heterocycles. The Morgan fingerprint density at radius 3 is 2.88 bits per heavy atom. The van der Waals surface area contributed by atoms with Crippen molar-refractivity contribution in [3.05, 3.63) is 34.0 Å². The number of rotatable bonds is 8. The zero-order valence-corrected chi connectivity index (χ0v) is 15.2. The van der Waals surface area contributed by atoms with Crippen LogP contribution in [0.25, 0.3) is 0 Å². The first kappa shape index (κ1) is 18.7. The molecule has 1 aliphatic carbocycles. The number of urea groups is 1. The lowest BCUT2D eigenvalue weighted by atomic mass is 9.97. The lowest BCUT2D eigenvalue weighted by molar-refractivity contribution is -0.903. The number of likely N-dealkylation sites (N-methyl/N-ethyl adjacent to an activating group) is 1. The van der Waals surface area contributed by atoms with Gasteiger partial charge in [0.1, 0.15) is 6.54 Å². The molecule has 0 bridgehead atoms. The summed E-state index contributed by atoms with van der Waals surface area (Å²) in [6.45, 7) is 4.62. The number of quaternary nitrogens is 1. The Morgan fingerprint density at radius 2 is 2.21 bits per heavy atom. The molecule has 0 saturated heterocycles. The van der Waals surface area contributed by atoms with Gasteiger partial charge in [-0.1, -0.05) is 17.7 Å². The van der Waals surface area contributed by atoms with Crippen molar-refractivity contribution in [1.82, 2.24) is 10.6 Å². The first-order valence-electron chi connectivity index (χ1n) is 8.79. The molecule has 0 saturated carbocycles. The monoisotopic (exact) mass is 350 g/mol. The van der Waals surface area contributed by atoms with Gasteiger partial charge in [0.15, 0.2) is 6.54 Å². The number of nitrogens with one attached hydrogen (secondary N) is 3. The van der Waals surface area contributed by atoms with E-state index in [1.807, 2.05) is 18.4 Å². The van der Waals surface area contributed by atoms with Crippen LogP contribution in [0.3, 0.4) is 0 Å². The van der Waals surface area contributed by atoms with Crippen molar-refractivity contribution in [2.45, 2.75) is 45.6 Å². The van der Waals surface area contributed by atoms with Gasteiger partial charge in [0.2, 0.25) is 0 Å². The fraction of sp³-hybridized carbons (Fsp3) is 0.556. The fourth-order valence-corrected chi connectivity index (χ4v) is 3.66. The number of carbonyl (C=O) groups is 2. The second-order valence-corrected chi connectivity index (χ2v) is 7.23. The van der Waals surface area contributed by atoms with Gasteiger partial charge in [0.25, 0.3) is 5.91 Å². The summed E-state index contributed by atoms with van der Waals surface area (Å²) in [4.78, 5) is 26.2. The van der Waals surface area contributed by atoms with Gasteiger partial charge in [-0.2, -0.15) is 0 Å². The third kappa shape index (κ3) is 6.84. The van der Waals surface area contributed by atoms with Crippen LogP contribution in [0.4, 0.5) is 4.79 Å². The van der Waals surface area contributed by atoms with Crippen LogP contribution in [0.15, 0.2) is 29.2 Å². The molecule has 0 radical (unpaired) electrons. The third-order valence-corrected chi connectivity index (χ3v) is 5.16. The number of thiophene rings is 1. The maximum absolute atomic E-state index is 12.0. The van der Waals surface area contributed by atoms with Crippen LogP contribution in [0.1, 0.15) is 43.9 Å². The van der Waals surface area contributed by atoms with E-state index >= 15 is 0 Å². The summed E-state index contributed by atoms with van der Waals surface area (Å²) in [7, 11) is 0. The summed E-state index contributed by atoms with van der Waals surface area (Å²) in [5.74, 6) is -0.224. The molecular weight excluding hydrogens is 322 g/mol. The molecule has 24 heavy (non-hydrogen) atoms. The summed E-state index contributed by atoms with van der Waals surface area (Å²) in [6, 6.07) is 3.70. The van der Waals surface area contributed by atoms with Crippen molar-refractivity contribution < 1.29 is 14.5 Å². The van der Waals surface area contributed by atoms with Crippen molar-refractivity contribution in [2.24, 2.45) is 0 Å². The molecule has 0 aromatic carbocycles. The quantitative estimate of drug-likeness (QED) is 0.627. The second-order valence-electron chi connectivity index (χ2n) is 6.20. The van der Waals surface area contributed by atoms with Gasteiger partial charge in [0, 0.05) is 6.54 Å². The average Bonchev–Trinajstić information content (AvgIpc) is 3.08. The summed E-state index contributed by atoms with van der Waals surface area (Å²) in [5, 5.41) is 7.25. The van der Waals surface area contributed by atoms with Crippen LogP contribution in [-0.2, 0) is 11.3 Å². The molecule has 1 atom stereocenters. The number of imide groups is 1. The molecule has 5 nitrogen and oxygen atoms in total. The van der Waals surface area contributed by atoms with E-state index in [2.05, 4.69) is 22.8 Å². The summed E-state index contributed by atoms with van der Waals surface area (Å²) in [6.07, 6.45) is 7.97. The van der Waals surface area contributed by atoms with E-state index in [4.69, 9.17) is 0 Å². The smallest absolute Gasteiger partial charge is 0.321 e. The minimum Gasteiger partial charge on any atom is -0.337 e. The Balaban J connectivity index is 1.64. The number of hydrogen-bond acceptors (Lipinski definition) is 3. The predicted octanol–water partition coefficient (Wildman–Crippen LogP) is 1.87. The summed E-state index contributed by atoms with van der Waals surface area (Å²) in [5.41, 5.74) is 1.42. The lowest BCUT2D eigenvalue weighted by Crippen LogP contribution is -3.11. The first-order chi connectivity index (χ1) is 11.7. The van der Waals surface area contributed by atoms with Crippen molar-refractivity contribution in [2.75, 3.05) is 19.6 Å². The summed E-state index contributed by atoms with van der Waals surface area (Å²) < 4.78 is 0. The Bertz CT molecular complexity index is 555. The standard InChI is InChI=1S/C18H27N3O2S/c1-2-21(13-16-9-6-12-24-16)14-17(22)20-18(23)19-11-10-15-7-4-3-5-8-15/h6-7,9,12H,2-5,8,10-11,13-14H2,1H3,(H2,19,20,22,23)/p+1. The maximum atomic E-state index is 12.0. The average molecular weight is 351 g/mol. The molecule has 132 valence electrons. The van der Waals surface area contributed by atoms with Crippen LogP contribution in [0, 0.1) is 0 Å². The van der Waals surface area contributed by atoms with Gasteiger partial charge < -0.3 is 10.2 Å². The number of allylic oxidation sites excluding steroid dienone is 1. The van der Waals surface area contributed by atoms with Crippen LogP contribution >= 0.6 is 11.3 Å². The topological polar surface area (TPSA) is 62.6 Å². The van der Waals surface area contributed by atoms with E-state index in [1.54, 1.807) is 11.3 Å². The Kier molecular flexibility index (Phi) is 7.98. The molecule has 1 unspecified atom stereocenters. The Labute approximate surface area is 148 Å². The molecule has 1 heterocycles.